The molecule has 0 heterocycles. The van der Waals surface area contributed by atoms with Gasteiger partial charge in [-0.05, 0) is 70.6 Å². The minimum absolute atomic E-state index is 0.0119. The van der Waals surface area contributed by atoms with Gasteiger partial charge in [0.15, 0.2) is 12.1 Å². The summed E-state index contributed by atoms with van der Waals surface area (Å²) in [5, 5.41) is 9.60. The third-order valence-corrected chi connectivity index (χ3v) is 8.81. The number of rotatable bonds is 36. The zero-order chi connectivity index (χ0) is 40.7. The minimum atomic E-state index is -0.895. The van der Waals surface area contributed by atoms with Gasteiger partial charge in [0.2, 0.25) is 0 Å². The summed E-state index contributed by atoms with van der Waals surface area (Å²) in [5.41, 5.74) is 0. The molecular formula is C47H78NO7+. The fourth-order valence-electron chi connectivity index (χ4n) is 5.55. The predicted octanol–water partition coefficient (Wildman–Crippen LogP) is 11.4. The van der Waals surface area contributed by atoms with Gasteiger partial charge in [0.05, 0.1) is 40.8 Å². The van der Waals surface area contributed by atoms with Crippen LogP contribution < -0.4 is 0 Å². The molecule has 0 aliphatic carbocycles. The maximum Gasteiger partial charge on any atom is 0.362 e. The Morgan fingerprint density at radius 3 is 1.60 bits per heavy atom. The first-order valence-electron chi connectivity index (χ1n) is 21.1. The van der Waals surface area contributed by atoms with Gasteiger partial charge >= 0.3 is 17.9 Å². The van der Waals surface area contributed by atoms with Crippen LogP contribution in [0.1, 0.15) is 142 Å². The van der Waals surface area contributed by atoms with Crippen LogP contribution in [0.4, 0.5) is 0 Å². The molecule has 0 fully saturated rings. The van der Waals surface area contributed by atoms with Crippen LogP contribution in [0.3, 0.4) is 0 Å². The number of quaternary nitrogens is 1. The molecule has 0 saturated heterocycles. The van der Waals surface area contributed by atoms with E-state index in [9.17, 15) is 19.5 Å². The highest BCUT2D eigenvalue weighted by molar-refractivity contribution is 5.72. The van der Waals surface area contributed by atoms with Gasteiger partial charge < -0.3 is 23.8 Å². The van der Waals surface area contributed by atoms with Crippen molar-refractivity contribution in [2.45, 2.75) is 154 Å². The lowest BCUT2D eigenvalue weighted by Gasteiger charge is -2.31. The van der Waals surface area contributed by atoms with E-state index in [1.807, 2.05) is 27.2 Å². The largest absolute Gasteiger partial charge is 0.477 e. The SMILES string of the molecule is CC/C=C\C/C=C\C/C=C\C/C=C\C/C=C\CC(=O)OC(COCCC(C(=O)O)[N+](C)(C)C)COC(=O)CCCCCCC/C=C\C/C=C\CCCCCC. The van der Waals surface area contributed by atoms with Crippen LogP contribution in [-0.4, -0.2) is 80.6 Å². The second-order valence-electron chi connectivity index (χ2n) is 14.9. The minimum Gasteiger partial charge on any atom is -0.477 e. The average Bonchev–Trinajstić information content (AvgIpc) is 3.14. The van der Waals surface area contributed by atoms with E-state index in [0.29, 0.717) is 19.3 Å². The average molecular weight is 769 g/mol. The molecule has 0 amide bonds. The molecule has 0 aromatic rings. The molecule has 0 aromatic carbocycles. The zero-order valence-corrected chi connectivity index (χ0v) is 35.3. The predicted molar refractivity (Wildman–Crippen MR) is 229 cm³/mol. The second kappa shape index (κ2) is 37.4. The van der Waals surface area contributed by atoms with Gasteiger partial charge in [-0.3, -0.25) is 9.59 Å². The van der Waals surface area contributed by atoms with E-state index in [2.05, 4.69) is 86.8 Å². The van der Waals surface area contributed by atoms with E-state index in [1.54, 1.807) is 6.08 Å². The standard InChI is InChI=1S/C47H77NO7/c1-6-8-10-12-14-16-18-20-22-24-25-27-29-31-33-35-37-45(49)54-42-43(41-53-40-39-44(47(51)52)48(3,4)5)55-46(50)38-36-34-32-30-28-26-23-21-19-17-15-13-11-9-7-2/h9,11,15-18,21-24,28,30,34,36,43-44H,6-8,10,12-14,19-20,25-27,29,31-33,35,37-42H2,1-5H3/p+1/b11-9-,17-15-,18-16-,23-21-,24-22-,30-28-,36-34-. The lowest BCUT2D eigenvalue weighted by Crippen LogP contribution is -2.50. The van der Waals surface area contributed by atoms with Gasteiger partial charge in [-0.1, -0.05) is 137 Å². The molecule has 2 atom stereocenters. The van der Waals surface area contributed by atoms with Crippen molar-refractivity contribution in [1.82, 2.24) is 0 Å². The maximum atomic E-state index is 12.6. The molecule has 0 aliphatic heterocycles. The molecule has 8 heteroatoms. The lowest BCUT2D eigenvalue weighted by atomic mass is 10.1. The summed E-state index contributed by atoms with van der Waals surface area (Å²) in [6.07, 6.45) is 48.0. The quantitative estimate of drug-likeness (QED) is 0.0293. The van der Waals surface area contributed by atoms with E-state index in [4.69, 9.17) is 14.2 Å². The number of carbonyl (C=O) groups excluding carboxylic acids is 2. The lowest BCUT2D eigenvalue weighted by molar-refractivity contribution is -0.887. The van der Waals surface area contributed by atoms with Crippen molar-refractivity contribution in [2.75, 3.05) is 41.0 Å². The Morgan fingerprint density at radius 1 is 0.582 bits per heavy atom. The normalized spacial score (nSPS) is 13.8. The maximum absolute atomic E-state index is 12.6. The van der Waals surface area contributed by atoms with Gasteiger partial charge in [0.1, 0.15) is 6.61 Å². The van der Waals surface area contributed by atoms with E-state index in [1.165, 1.54) is 32.1 Å². The van der Waals surface area contributed by atoms with Crippen LogP contribution in [0.5, 0.6) is 0 Å². The van der Waals surface area contributed by atoms with E-state index in [-0.39, 0.29) is 36.7 Å². The summed E-state index contributed by atoms with van der Waals surface area (Å²) in [5.74, 6) is -1.66. The van der Waals surface area contributed by atoms with Crippen LogP contribution in [0, 0.1) is 0 Å². The third-order valence-electron chi connectivity index (χ3n) is 8.81. The third kappa shape index (κ3) is 35.9. The van der Waals surface area contributed by atoms with Gasteiger partial charge in [-0.15, -0.1) is 0 Å². The van der Waals surface area contributed by atoms with Gasteiger partial charge in [0, 0.05) is 12.8 Å². The highest BCUT2D eigenvalue weighted by Crippen LogP contribution is 2.11. The number of ether oxygens (including phenoxy) is 3. The van der Waals surface area contributed by atoms with Crippen LogP contribution >= 0.6 is 0 Å². The molecule has 0 spiro atoms. The molecule has 312 valence electrons. The van der Waals surface area contributed by atoms with Crippen molar-refractivity contribution < 1.29 is 38.2 Å². The first-order valence-corrected chi connectivity index (χ1v) is 21.1. The van der Waals surface area contributed by atoms with Gasteiger partial charge in [-0.2, -0.15) is 0 Å². The van der Waals surface area contributed by atoms with Crippen molar-refractivity contribution in [1.29, 1.82) is 0 Å². The summed E-state index contributed by atoms with van der Waals surface area (Å²) in [6, 6.07) is -0.636. The molecule has 0 radical (unpaired) electrons. The molecule has 0 bridgehead atoms. The summed E-state index contributed by atoms with van der Waals surface area (Å²) in [7, 11) is 5.48. The monoisotopic (exact) mass is 769 g/mol. The first kappa shape index (κ1) is 51.5. The molecule has 0 aliphatic rings. The Bertz CT molecular complexity index is 1170. The van der Waals surface area contributed by atoms with Crippen LogP contribution in [0.2, 0.25) is 0 Å². The summed E-state index contributed by atoms with van der Waals surface area (Å²) in [4.78, 5) is 36.9. The summed E-state index contributed by atoms with van der Waals surface area (Å²) < 4.78 is 17.1. The second-order valence-corrected chi connectivity index (χ2v) is 14.9. The van der Waals surface area contributed by atoms with Crippen LogP contribution in [0.25, 0.3) is 0 Å². The molecule has 1 N–H and O–H groups in total. The fraction of sp³-hybridized carbons (Fsp3) is 0.638. The number of unbranched alkanes of at least 4 members (excludes halogenated alkanes) is 9. The number of likely N-dealkylation sites (N-methyl/N-ethyl adjacent to an activating group) is 1. The van der Waals surface area contributed by atoms with Crippen LogP contribution in [-0.2, 0) is 28.6 Å². The highest BCUT2D eigenvalue weighted by Gasteiger charge is 2.31. The molecular weight excluding hydrogens is 691 g/mol. The Hall–Kier alpha value is -3.49. The number of hydrogen-bond acceptors (Lipinski definition) is 6. The molecule has 2 unspecified atom stereocenters. The first-order chi connectivity index (χ1) is 26.6. The fourth-order valence-corrected chi connectivity index (χ4v) is 5.55. The molecule has 55 heavy (non-hydrogen) atoms. The number of esters is 2. The Morgan fingerprint density at radius 2 is 1.07 bits per heavy atom. The van der Waals surface area contributed by atoms with E-state index in [0.717, 1.165) is 70.6 Å². The number of hydrogen-bond donors (Lipinski definition) is 1. The van der Waals surface area contributed by atoms with Crippen molar-refractivity contribution in [3.63, 3.8) is 0 Å². The molecule has 0 aromatic heterocycles. The van der Waals surface area contributed by atoms with Gasteiger partial charge in [-0.25, -0.2) is 4.79 Å². The molecule has 8 nitrogen and oxygen atoms in total. The molecule has 0 saturated carbocycles. The number of allylic oxidation sites excluding steroid dienone is 13. The summed E-state index contributed by atoms with van der Waals surface area (Å²) in [6.45, 7) is 4.46. The highest BCUT2D eigenvalue weighted by atomic mass is 16.6. The number of carbonyl (C=O) groups is 3. The van der Waals surface area contributed by atoms with Gasteiger partial charge in [0.25, 0.3) is 0 Å². The number of nitrogens with zero attached hydrogens (tertiary/aromatic N) is 1. The smallest absolute Gasteiger partial charge is 0.362 e. The van der Waals surface area contributed by atoms with E-state index >= 15 is 0 Å². The number of carboxylic acids is 1. The Balaban J connectivity index is 4.54. The Kier molecular flexibility index (Phi) is 35.1. The zero-order valence-electron chi connectivity index (χ0n) is 35.3. The number of aliphatic carboxylic acids is 1. The van der Waals surface area contributed by atoms with Crippen molar-refractivity contribution in [3.05, 3.63) is 85.1 Å². The van der Waals surface area contributed by atoms with Crippen molar-refractivity contribution in [2.24, 2.45) is 0 Å². The summed E-state index contributed by atoms with van der Waals surface area (Å²) >= 11 is 0. The Labute approximate surface area is 335 Å². The topological polar surface area (TPSA) is 99.1 Å². The van der Waals surface area contributed by atoms with E-state index < -0.39 is 24.1 Å². The number of carboxylic acid groups (broad SMARTS) is 1. The van der Waals surface area contributed by atoms with Crippen LogP contribution in [0.15, 0.2) is 85.1 Å². The molecule has 0 rings (SSSR count). The van der Waals surface area contributed by atoms with Crippen molar-refractivity contribution in [3.8, 4) is 0 Å². The van der Waals surface area contributed by atoms with Crippen molar-refractivity contribution >= 4 is 17.9 Å².